The molecule has 2 aromatic rings. The number of benzene rings is 2. The fourth-order valence-electron chi connectivity index (χ4n) is 6.59. The number of aliphatic hydroxyl groups is 1. The average Bonchev–Trinajstić information content (AvgIpc) is 3.01. The summed E-state index contributed by atoms with van der Waals surface area (Å²) in [4.78, 5) is 29.5. The summed E-state index contributed by atoms with van der Waals surface area (Å²) in [7, 11) is 0. The van der Waals surface area contributed by atoms with Gasteiger partial charge in [-0.15, -0.1) is 0 Å². The van der Waals surface area contributed by atoms with E-state index in [4.69, 9.17) is 5.73 Å². The third kappa shape index (κ3) is 10.3. The van der Waals surface area contributed by atoms with E-state index in [0.717, 1.165) is 56.6 Å². The third-order valence-electron chi connectivity index (χ3n) is 9.04. The molecule has 0 bridgehead atoms. The number of unbranched alkanes of at least 4 members (excludes halogenated alkanes) is 4. The van der Waals surface area contributed by atoms with Gasteiger partial charge in [0, 0.05) is 43.7 Å². The molecule has 0 spiro atoms. The molecule has 3 rings (SSSR count). The summed E-state index contributed by atoms with van der Waals surface area (Å²) in [5, 5.41) is 15.1. The number of carbonyl (C=O) groups is 2. The Morgan fingerprint density at radius 3 is 2.17 bits per heavy atom. The second-order valence-electron chi connectivity index (χ2n) is 12.8. The summed E-state index contributed by atoms with van der Waals surface area (Å²) in [6, 6.07) is 11.4. The summed E-state index contributed by atoms with van der Waals surface area (Å²) in [6.45, 7) is 9.97. The van der Waals surface area contributed by atoms with Gasteiger partial charge in [0.15, 0.2) is 0 Å². The van der Waals surface area contributed by atoms with Gasteiger partial charge in [-0.3, -0.25) is 9.59 Å². The largest absolute Gasteiger partial charge is 0.391 e. The highest BCUT2D eigenvalue weighted by atomic mass is 19.1. The summed E-state index contributed by atoms with van der Waals surface area (Å²) in [6.07, 6.45) is 9.14. The number of rotatable bonds is 19. The number of halogens is 2. The average molecular weight is 638 g/mol. The van der Waals surface area contributed by atoms with Crippen molar-refractivity contribution in [3.05, 3.63) is 94.1 Å². The van der Waals surface area contributed by atoms with E-state index in [-0.39, 0.29) is 25.3 Å². The topological polar surface area (TPSA) is 95.7 Å². The van der Waals surface area contributed by atoms with Gasteiger partial charge in [-0.25, -0.2) is 8.78 Å². The van der Waals surface area contributed by atoms with Gasteiger partial charge in [-0.05, 0) is 67.9 Å². The van der Waals surface area contributed by atoms with E-state index < -0.39 is 35.0 Å². The Morgan fingerprint density at radius 1 is 0.957 bits per heavy atom. The van der Waals surface area contributed by atoms with E-state index in [1.165, 1.54) is 17.7 Å². The molecular weight excluding hydrogens is 584 g/mol. The molecule has 0 aliphatic heterocycles. The Morgan fingerprint density at radius 2 is 1.59 bits per heavy atom. The first-order valence-electron chi connectivity index (χ1n) is 16.9. The van der Waals surface area contributed by atoms with Crippen LogP contribution in [0.15, 0.2) is 65.8 Å². The molecule has 1 aliphatic carbocycles. The summed E-state index contributed by atoms with van der Waals surface area (Å²) < 4.78 is 28.6. The molecule has 0 saturated heterocycles. The van der Waals surface area contributed by atoms with Crippen LogP contribution in [0.4, 0.5) is 8.78 Å². The Bertz CT molecular complexity index is 1340. The van der Waals surface area contributed by atoms with Crippen LogP contribution in [0.5, 0.6) is 0 Å². The van der Waals surface area contributed by atoms with E-state index in [1.54, 1.807) is 12.2 Å². The maximum absolute atomic E-state index is 14.3. The standard InChI is InChI=1S/C38H53F2N3O3/c1-5-8-10-15-43(16-11-9-6-2)36(45)31-17-27(4)23-38(24-31,37(41)46)34(21-30-19-32(39)22-33(40)20-30)35(44)26-42-25-29-14-12-13-28(7-3)18-29/h12-14,17-20,22-23,34-35,42,44H,5-11,15-16,21,24-26H2,1-4H3,(H2,41,46)/t34-,35+,38?/m1/s1. The monoisotopic (exact) mass is 637 g/mol. The number of aryl methyl sites for hydroxylation is 1. The number of nitrogens with zero attached hydrogens (tertiary/aromatic N) is 1. The second kappa shape index (κ2) is 18.1. The van der Waals surface area contributed by atoms with Crippen molar-refractivity contribution in [1.82, 2.24) is 10.2 Å². The van der Waals surface area contributed by atoms with Crippen molar-refractivity contribution in [3.63, 3.8) is 0 Å². The zero-order valence-electron chi connectivity index (χ0n) is 28.1. The van der Waals surface area contributed by atoms with Gasteiger partial charge < -0.3 is 21.1 Å². The molecule has 0 heterocycles. The highest BCUT2D eigenvalue weighted by Gasteiger charge is 2.48. The molecule has 0 saturated carbocycles. The maximum atomic E-state index is 14.3. The number of carbonyl (C=O) groups excluding carboxylic acids is 2. The highest BCUT2D eigenvalue weighted by molar-refractivity contribution is 5.97. The van der Waals surface area contributed by atoms with Gasteiger partial charge in [0.2, 0.25) is 11.8 Å². The number of nitrogens with two attached hydrogens (primary N) is 1. The lowest BCUT2D eigenvalue weighted by Crippen LogP contribution is -2.51. The molecule has 6 nitrogen and oxygen atoms in total. The van der Waals surface area contributed by atoms with E-state index in [1.807, 2.05) is 24.0 Å². The van der Waals surface area contributed by atoms with Crippen molar-refractivity contribution in [1.29, 1.82) is 0 Å². The van der Waals surface area contributed by atoms with E-state index in [2.05, 4.69) is 38.2 Å². The minimum atomic E-state index is -1.46. The molecule has 252 valence electrons. The highest BCUT2D eigenvalue weighted by Crippen LogP contribution is 2.44. The fourth-order valence-corrected chi connectivity index (χ4v) is 6.59. The second-order valence-corrected chi connectivity index (χ2v) is 12.8. The number of hydrogen-bond donors (Lipinski definition) is 3. The Kier molecular flexibility index (Phi) is 14.6. The van der Waals surface area contributed by atoms with Gasteiger partial charge in [-0.2, -0.15) is 0 Å². The molecule has 2 aromatic carbocycles. The van der Waals surface area contributed by atoms with Crippen LogP contribution in [0.25, 0.3) is 0 Å². The smallest absolute Gasteiger partial charge is 0.249 e. The molecule has 1 unspecified atom stereocenters. The molecule has 0 radical (unpaired) electrons. The predicted octanol–water partition coefficient (Wildman–Crippen LogP) is 6.79. The first-order chi connectivity index (χ1) is 22.0. The van der Waals surface area contributed by atoms with E-state index >= 15 is 0 Å². The number of nitrogens with one attached hydrogen (secondary N) is 1. The van der Waals surface area contributed by atoms with Crippen molar-refractivity contribution >= 4 is 11.8 Å². The maximum Gasteiger partial charge on any atom is 0.249 e. The summed E-state index contributed by atoms with van der Waals surface area (Å²) in [5.41, 5.74) is 8.41. The molecule has 8 heteroatoms. The van der Waals surface area contributed by atoms with E-state index in [9.17, 15) is 23.5 Å². The fraction of sp³-hybridized carbons (Fsp3) is 0.526. The van der Waals surface area contributed by atoms with Crippen molar-refractivity contribution in [3.8, 4) is 0 Å². The van der Waals surface area contributed by atoms with Crippen LogP contribution in [0.2, 0.25) is 0 Å². The predicted molar refractivity (Wildman–Crippen MR) is 181 cm³/mol. The molecule has 3 atom stereocenters. The van der Waals surface area contributed by atoms with Gasteiger partial charge >= 0.3 is 0 Å². The van der Waals surface area contributed by atoms with Crippen molar-refractivity contribution in [2.45, 2.75) is 98.1 Å². The van der Waals surface area contributed by atoms with Crippen LogP contribution < -0.4 is 11.1 Å². The Balaban J connectivity index is 1.96. The lowest BCUT2D eigenvalue weighted by Gasteiger charge is -2.42. The van der Waals surface area contributed by atoms with Gasteiger partial charge in [0.1, 0.15) is 11.6 Å². The molecule has 0 fully saturated rings. The van der Waals surface area contributed by atoms with Crippen LogP contribution in [0.3, 0.4) is 0 Å². The summed E-state index contributed by atoms with van der Waals surface area (Å²) in [5.74, 6) is -3.19. The number of aliphatic hydroxyl groups excluding tert-OH is 1. The first kappa shape index (κ1) is 37.1. The molecule has 2 amide bonds. The number of primary amides is 1. The van der Waals surface area contributed by atoms with Crippen LogP contribution in [-0.2, 0) is 29.0 Å². The first-order valence-corrected chi connectivity index (χ1v) is 16.9. The summed E-state index contributed by atoms with van der Waals surface area (Å²) >= 11 is 0. The Labute approximate surface area is 274 Å². The van der Waals surface area contributed by atoms with Crippen LogP contribution in [-0.4, -0.2) is 47.6 Å². The quantitative estimate of drug-likeness (QED) is 0.148. The van der Waals surface area contributed by atoms with Crippen LogP contribution >= 0.6 is 0 Å². The number of hydrogen-bond acceptors (Lipinski definition) is 4. The van der Waals surface area contributed by atoms with Crippen molar-refractivity contribution in [2.24, 2.45) is 17.1 Å². The minimum Gasteiger partial charge on any atom is -0.391 e. The molecule has 0 aromatic heterocycles. The number of amides is 2. The van der Waals surface area contributed by atoms with Crippen molar-refractivity contribution < 1.29 is 23.5 Å². The molecular formula is C38H53F2N3O3. The molecule has 46 heavy (non-hydrogen) atoms. The Hall–Kier alpha value is -3.36. The lowest BCUT2D eigenvalue weighted by molar-refractivity contribution is -0.132. The van der Waals surface area contributed by atoms with Crippen LogP contribution in [0.1, 0.15) is 89.3 Å². The zero-order chi connectivity index (χ0) is 33.7. The lowest BCUT2D eigenvalue weighted by atomic mass is 9.63. The molecule has 4 N–H and O–H groups in total. The van der Waals surface area contributed by atoms with Gasteiger partial charge in [0.25, 0.3) is 0 Å². The normalized spacial score (nSPS) is 17.6. The SMILES string of the molecule is CCCCCN(CCCCC)C(=O)C1=CC(C)=CC(C(N)=O)([C@H](Cc2cc(F)cc(F)c2)[C@@H](O)CNCc2cccc(CC)c2)C1. The van der Waals surface area contributed by atoms with E-state index in [0.29, 0.717) is 36.3 Å². The van der Waals surface area contributed by atoms with Gasteiger partial charge in [-0.1, -0.05) is 88.4 Å². The number of allylic oxidation sites excluding steroid dienone is 2. The molecule has 1 aliphatic rings. The third-order valence-corrected chi connectivity index (χ3v) is 9.04. The van der Waals surface area contributed by atoms with Crippen LogP contribution in [0, 0.1) is 23.0 Å². The zero-order valence-corrected chi connectivity index (χ0v) is 28.1. The van der Waals surface area contributed by atoms with Crippen molar-refractivity contribution in [2.75, 3.05) is 19.6 Å². The van der Waals surface area contributed by atoms with Gasteiger partial charge in [0.05, 0.1) is 11.5 Å². The minimum absolute atomic E-state index is 0.00533.